The number of nitrogens with one attached hydrogen (secondary N) is 2. The number of guanidine groups is 1. The minimum atomic E-state index is 0.256. The van der Waals surface area contributed by atoms with Crippen LogP contribution < -0.4 is 10.6 Å². The van der Waals surface area contributed by atoms with Crippen molar-refractivity contribution < 1.29 is 9.53 Å². The van der Waals surface area contributed by atoms with Crippen LogP contribution in [-0.4, -0.2) is 62.7 Å². The van der Waals surface area contributed by atoms with Gasteiger partial charge in [0.2, 0.25) is 5.91 Å². The van der Waals surface area contributed by atoms with E-state index in [9.17, 15) is 4.79 Å². The molecule has 1 atom stereocenters. The first kappa shape index (κ1) is 21.6. The van der Waals surface area contributed by atoms with Crippen LogP contribution in [0.5, 0.6) is 0 Å². The van der Waals surface area contributed by atoms with E-state index in [2.05, 4.69) is 29.7 Å². The first-order valence-corrected chi connectivity index (χ1v) is 11.2. The molecule has 2 N–H and O–H groups in total. The number of ether oxygens (including phenoxy) is 1. The molecule has 1 saturated carbocycles. The van der Waals surface area contributed by atoms with E-state index in [-0.39, 0.29) is 5.91 Å². The zero-order valence-corrected chi connectivity index (χ0v) is 17.7. The lowest BCUT2D eigenvalue weighted by molar-refractivity contribution is -0.127. The summed E-state index contributed by atoms with van der Waals surface area (Å²) in [7, 11) is 0. The van der Waals surface area contributed by atoms with Crippen LogP contribution in [0.25, 0.3) is 0 Å². The third-order valence-corrected chi connectivity index (χ3v) is 5.47. The van der Waals surface area contributed by atoms with Crippen LogP contribution in [0.4, 0.5) is 0 Å². The molecule has 0 bridgehead atoms. The first-order chi connectivity index (χ1) is 14.2. The van der Waals surface area contributed by atoms with E-state index in [1.807, 2.05) is 23.1 Å². The lowest BCUT2D eigenvalue weighted by Crippen LogP contribution is -2.38. The molecule has 2 fully saturated rings. The maximum absolute atomic E-state index is 12.3. The normalized spacial score (nSPS) is 19.6. The van der Waals surface area contributed by atoms with Gasteiger partial charge in [-0.25, -0.2) is 0 Å². The van der Waals surface area contributed by atoms with Gasteiger partial charge in [-0.15, -0.1) is 0 Å². The van der Waals surface area contributed by atoms with Gasteiger partial charge in [0.15, 0.2) is 5.96 Å². The quantitative estimate of drug-likeness (QED) is 0.321. The van der Waals surface area contributed by atoms with Crippen LogP contribution in [0.15, 0.2) is 35.3 Å². The molecule has 2 aliphatic rings. The number of hydrogen-bond acceptors (Lipinski definition) is 3. The molecule has 160 valence electrons. The second kappa shape index (κ2) is 11.8. The van der Waals surface area contributed by atoms with Crippen molar-refractivity contribution in [3.05, 3.63) is 35.9 Å². The molecule has 1 aromatic rings. The van der Waals surface area contributed by atoms with Gasteiger partial charge in [-0.3, -0.25) is 9.79 Å². The minimum Gasteiger partial charge on any atom is -0.381 e. The Morgan fingerprint density at radius 3 is 2.79 bits per heavy atom. The van der Waals surface area contributed by atoms with Crippen LogP contribution in [0.3, 0.4) is 0 Å². The lowest BCUT2D eigenvalue weighted by Gasteiger charge is -2.16. The van der Waals surface area contributed by atoms with Crippen LogP contribution in [-0.2, 0) is 16.0 Å². The fourth-order valence-electron chi connectivity index (χ4n) is 3.58. The molecular formula is C23H36N4O2. The van der Waals surface area contributed by atoms with E-state index in [1.54, 1.807) is 0 Å². The molecule has 1 aliphatic heterocycles. The van der Waals surface area contributed by atoms with Gasteiger partial charge in [-0.1, -0.05) is 30.3 Å². The number of hydrogen-bond donors (Lipinski definition) is 2. The van der Waals surface area contributed by atoms with Gasteiger partial charge >= 0.3 is 0 Å². The molecule has 0 radical (unpaired) electrons. The summed E-state index contributed by atoms with van der Waals surface area (Å²) in [6.45, 7) is 7.76. The van der Waals surface area contributed by atoms with E-state index < -0.39 is 0 Å². The van der Waals surface area contributed by atoms with Crippen molar-refractivity contribution in [2.75, 3.05) is 45.9 Å². The molecule has 1 aliphatic carbocycles. The number of likely N-dealkylation sites (tertiary alicyclic amines) is 1. The fourth-order valence-corrected chi connectivity index (χ4v) is 3.58. The average Bonchev–Trinajstić information content (AvgIpc) is 3.49. The van der Waals surface area contributed by atoms with Crippen LogP contribution in [0.2, 0.25) is 0 Å². The van der Waals surface area contributed by atoms with Gasteiger partial charge in [0.1, 0.15) is 0 Å². The summed E-state index contributed by atoms with van der Waals surface area (Å²) in [6, 6.07) is 10.4. The number of rotatable bonds is 12. The molecule has 29 heavy (non-hydrogen) atoms. The predicted molar refractivity (Wildman–Crippen MR) is 117 cm³/mol. The molecule has 0 spiro atoms. The zero-order valence-electron chi connectivity index (χ0n) is 17.7. The highest BCUT2D eigenvalue weighted by molar-refractivity contribution is 5.80. The van der Waals surface area contributed by atoms with E-state index in [4.69, 9.17) is 9.73 Å². The SMILES string of the molecule is CCNC(=NCC1CC(=O)N(CCc2ccccc2)C1)NCCCOCC1CC1. The summed E-state index contributed by atoms with van der Waals surface area (Å²) >= 11 is 0. The standard InChI is InChI=1S/C23H36N4O2/c1-2-24-23(25-12-6-14-29-18-20-9-10-20)26-16-21-15-22(28)27(17-21)13-11-19-7-4-3-5-8-19/h3-5,7-8,20-21H,2,6,9-18H2,1H3,(H2,24,25,26). The highest BCUT2D eigenvalue weighted by atomic mass is 16.5. The largest absolute Gasteiger partial charge is 0.381 e. The average molecular weight is 401 g/mol. The summed E-state index contributed by atoms with van der Waals surface area (Å²) in [6.07, 6.45) is 5.17. The predicted octanol–water partition coefficient (Wildman–Crippen LogP) is 2.45. The highest BCUT2D eigenvalue weighted by Gasteiger charge is 2.29. The monoisotopic (exact) mass is 400 g/mol. The van der Waals surface area contributed by atoms with E-state index >= 15 is 0 Å². The van der Waals surface area contributed by atoms with Crippen molar-refractivity contribution in [1.82, 2.24) is 15.5 Å². The summed E-state index contributed by atoms with van der Waals surface area (Å²) in [5.74, 6) is 2.22. The molecular weight excluding hydrogens is 364 g/mol. The molecule has 1 heterocycles. The fraction of sp³-hybridized carbons (Fsp3) is 0.652. The van der Waals surface area contributed by atoms with Gasteiger partial charge in [-0.2, -0.15) is 0 Å². The molecule has 1 amide bonds. The third-order valence-electron chi connectivity index (χ3n) is 5.47. The van der Waals surface area contributed by atoms with Crippen LogP contribution in [0, 0.1) is 11.8 Å². The molecule has 0 aromatic heterocycles. The molecule has 6 nitrogen and oxygen atoms in total. The Labute approximate surface area is 175 Å². The van der Waals surface area contributed by atoms with Crippen molar-refractivity contribution in [1.29, 1.82) is 0 Å². The van der Waals surface area contributed by atoms with Gasteiger partial charge in [0.25, 0.3) is 0 Å². The number of carbonyl (C=O) groups is 1. The Bertz CT molecular complexity index is 646. The maximum Gasteiger partial charge on any atom is 0.223 e. The van der Waals surface area contributed by atoms with Crippen molar-refractivity contribution in [2.24, 2.45) is 16.8 Å². The molecule has 1 saturated heterocycles. The second-order valence-electron chi connectivity index (χ2n) is 8.16. The summed E-state index contributed by atoms with van der Waals surface area (Å²) < 4.78 is 5.68. The molecule has 1 aromatic carbocycles. The van der Waals surface area contributed by atoms with Gasteiger partial charge in [0.05, 0.1) is 0 Å². The Kier molecular flexibility index (Phi) is 8.81. The maximum atomic E-state index is 12.3. The Morgan fingerprint density at radius 1 is 1.21 bits per heavy atom. The van der Waals surface area contributed by atoms with Crippen molar-refractivity contribution >= 4 is 11.9 Å². The second-order valence-corrected chi connectivity index (χ2v) is 8.16. The first-order valence-electron chi connectivity index (χ1n) is 11.2. The molecule has 3 rings (SSSR count). The lowest BCUT2D eigenvalue weighted by atomic mass is 10.1. The number of carbonyl (C=O) groups excluding carboxylic acids is 1. The highest BCUT2D eigenvalue weighted by Crippen LogP contribution is 2.28. The van der Waals surface area contributed by atoms with Gasteiger partial charge in [-0.05, 0) is 44.1 Å². The summed E-state index contributed by atoms with van der Waals surface area (Å²) in [5.41, 5.74) is 1.28. The van der Waals surface area contributed by atoms with E-state index in [1.165, 1.54) is 18.4 Å². The zero-order chi connectivity index (χ0) is 20.3. The minimum absolute atomic E-state index is 0.256. The Hall–Kier alpha value is -2.08. The summed E-state index contributed by atoms with van der Waals surface area (Å²) in [5, 5.41) is 6.67. The molecule has 1 unspecified atom stereocenters. The van der Waals surface area contributed by atoms with Crippen LogP contribution >= 0.6 is 0 Å². The number of aliphatic imine (C=N–C) groups is 1. The van der Waals surface area contributed by atoms with Crippen molar-refractivity contribution in [3.63, 3.8) is 0 Å². The smallest absolute Gasteiger partial charge is 0.223 e. The number of nitrogens with zero attached hydrogens (tertiary/aromatic N) is 2. The number of amides is 1. The van der Waals surface area contributed by atoms with Gasteiger partial charge < -0.3 is 20.3 Å². The van der Waals surface area contributed by atoms with Gasteiger partial charge in [0, 0.05) is 58.3 Å². The van der Waals surface area contributed by atoms with Crippen LogP contribution in [0.1, 0.15) is 38.2 Å². The van der Waals surface area contributed by atoms with Crippen molar-refractivity contribution in [3.8, 4) is 0 Å². The summed E-state index contributed by atoms with van der Waals surface area (Å²) in [4.78, 5) is 19.0. The van der Waals surface area contributed by atoms with E-state index in [0.29, 0.717) is 18.9 Å². The Morgan fingerprint density at radius 2 is 2.03 bits per heavy atom. The van der Waals surface area contributed by atoms with Crippen molar-refractivity contribution in [2.45, 2.75) is 39.0 Å². The third kappa shape index (κ3) is 8.05. The topological polar surface area (TPSA) is 66.0 Å². The van der Waals surface area contributed by atoms with E-state index in [0.717, 1.165) is 64.1 Å². The Balaban J connectivity index is 1.35. The number of benzene rings is 1. The molecule has 6 heteroatoms.